The van der Waals surface area contributed by atoms with E-state index in [0.29, 0.717) is 16.3 Å². The third kappa shape index (κ3) is 3.25. The molecule has 0 heterocycles. The normalized spacial score (nSPS) is 10.8. The molecule has 0 aliphatic rings. The maximum absolute atomic E-state index is 12.6. The molecular formula is C23H16O4. The van der Waals surface area contributed by atoms with Gasteiger partial charge in [0.1, 0.15) is 6.61 Å². The second-order valence-corrected chi connectivity index (χ2v) is 6.27. The summed E-state index contributed by atoms with van der Waals surface area (Å²) in [5, 5.41) is 12.4. The molecule has 1 N–H and O–H groups in total. The van der Waals surface area contributed by atoms with Gasteiger partial charge in [0.25, 0.3) is 0 Å². The molecule has 0 fully saturated rings. The van der Waals surface area contributed by atoms with Gasteiger partial charge in [0.2, 0.25) is 0 Å². The predicted molar refractivity (Wildman–Crippen MR) is 104 cm³/mol. The molecule has 4 rings (SSSR count). The summed E-state index contributed by atoms with van der Waals surface area (Å²) in [5.74, 6) is -1.43. The highest BCUT2D eigenvalue weighted by Gasteiger charge is 2.15. The van der Waals surface area contributed by atoms with E-state index in [9.17, 15) is 14.7 Å². The van der Waals surface area contributed by atoms with Crippen LogP contribution in [0.3, 0.4) is 0 Å². The molecule has 0 unspecified atom stereocenters. The molecular weight excluding hydrogens is 340 g/mol. The van der Waals surface area contributed by atoms with Gasteiger partial charge in [-0.2, -0.15) is 0 Å². The smallest absolute Gasteiger partial charge is 0.339 e. The number of rotatable bonds is 4. The number of hydrogen-bond donors (Lipinski definition) is 1. The number of aromatic carboxylic acids is 1. The van der Waals surface area contributed by atoms with Gasteiger partial charge in [0, 0.05) is 0 Å². The van der Waals surface area contributed by atoms with Crippen LogP contribution in [0.15, 0.2) is 78.9 Å². The van der Waals surface area contributed by atoms with Crippen molar-refractivity contribution in [1.82, 2.24) is 0 Å². The third-order valence-corrected chi connectivity index (χ3v) is 4.54. The standard InChI is InChI=1S/C23H16O4/c24-22(25)18-10-4-8-16-12-17-9-5-11-19(21(17)13-20(16)18)23(26)27-14-15-6-2-1-3-7-15/h1-13H,14H2,(H,24,25). The molecule has 27 heavy (non-hydrogen) atoms. The number of carbonyl (C=O) groups excluding carboxylic acids is 1. The van der Waals surface area contributed by atoms with Crippen LogP contribution in [0.25, 0.3) is 21.5 Å². The van der Waals surface area contributed by atoms with Crippen molar-refractivity contribution in [1.29, 1.82) is 0 Å². The van der Waals surface area contributed by atoms with E-state index in [1.165, 1.54) is 0 Å². The maximum Gasteiger partial charge on any atom is 0.339 e. The number of carboxylic acid groups (broad SMARTS) is 1. The van der Waals surface area contributed by atoms with Gasteiger partial charge in [-0.1, -0.05) is 54.6 Å². The van der Waals surface area contributed by atoms with Crippen LogP contribution in [0.5, 0.6) is 0 Å². The van der Waals surface area contributed by atoms with E-state index in [1.807, 2.05) is 48.5 Å². The van der Waals surface area contributed by atoms with Crippen LogP contribution in [-0.2, 0) is 11.3 Å². The lowest BCUT2D eigenvalue weighted by Crippen LogP contribution is -2.06. The zero-order valence-electron chi connectivity index (χ0n) is 14.4. The van der Waals surface area contributed by atoms with Gasteiger partial charge in [0.15, 0.2) is 0 Å². The molecule has 0 atom stereocenters. The number of esters is 1. The predicted octanol–water partition coefficient (Wildman–Crippen LogP) is 5.05. The number of carbonyl (C=O) groups is 2. The fraction of sp³-hybridized carbons (Fsp3) is 0.0435. The van der Waals surface area contributed by atoms with Gasteiger partial charge in [-0.3, -0.25) is 0 Å². The second kappa shape index (κ2) is 6.92. The highest BCUT2D eigenvalue weighted by Crippen LogP contribution is 2.28. The van der Waals surface area contributed by atoms with E-state index < -0.39 is 11.9 Å². The minimum absolute atomic E-state index is 0.185. The van der Waals surface area contributed by atoms with Crippen molar-refractivity contribution in [3.8, 4) is 0 Å². The number of ether oxygens (including phenoxy) is 1. The minimum Gasteiger partial charge on any atom is -0.478 e. The first-order chi connectivity index (χ1) is 13.1. The Morgan fingerprint density at radius 3 is 2.04 bits per heavy atom. The van der Waals surface area contributed by atoms with E-state index in [4.69, 9.17) is 4.74 Å². The Bertz CT molecular complexity index is 1160. The maximum atomic E-state index is 12.6. The molecule has 4 heteroatoms. The first-order valence-electron chi connectivity index (χ1n) is 8.53. The lowest BCUT2D eigenvalue weighted by Gasteiger charge is -2.10. The van der Waals surface area contributed by atoms with E-state index in [0.717, 1.165) is 16.3 Å². The number of carboxylic acids is 1. The Kier molecular flexibility index (Phi) is 4.30. The zero-order chi connectivity index (χ0) is 18.8. The molecule has 0 saturated heterocycles. The molecule has 0 aliphatic carbocycles. The largest absolute Gasteiger partial charge is 0.478 e. The molecule has 0 radical (unpaired) electrons. The van der Waals surface area contributed by atoms with Gasteiger partial charge in [0.05, 0.1) is 11.1 Å². The van der Waals surface area contributed by atoms with E-state index >= 15 is 0 Å². The van der Waals surface area contributed by atoms with Gasteiger partial charge < -0.3 is 9.84 Å². The molecule has 4 aromatic carbocycles. The monoisotopic (exact) mass is 356 g/mol. The van der Waals surface area contributed by atoms with Crippen molar-refractivity contribution in [2.24, 2.45) is 0 Å². The number of fused-ring (bicyclic) bond motifs is 2. The van der Waals surface area contributed by atoms with Crippen LogP contribution in [0, 0.1) is 0 Å². The molecule has 0 aromatic heterocycles. The average molecular weight is 356 g/mol. The van der Waals surface area contributed by atoms with Crippen LogP contribution in [0.4, 0.5) is 0 Å². The minimum atomic E-state index is -0.996. The fourth-order valence-corrected chi connectivity index (χ4v) is 3.22. The molecule has 0 aliphatic heterocycles. The van der Waals surface area contributed by atoms with Crippen molar-refractivity contribution < 1.29 is 19.4 Å². The number of hydrogen-bond acceptors (Lipinski definition) is 3. The quantitative estimate of drug-likeness (QED) is 0.411. The Hall–Kier alpha value is -3.66. The lowest BCUT2D eigenvalue weighted by molar-refractivity contribution is 0.0474. The van der Waals surface area contributed by atoms with E-state index in [1.54, 1.807) is 30.3 Å². The van der Waals surface area contributed by atoms with Gasteiger partial charge in [-0.05, 0) is 51.4 Å². The zero-order valence-corrected chi connectivity index (χ0v) is 14.4. The SMILES string of the molecule is O=C(O)c1cccc2cc3cccc(C(=O)OCc4ccccc4)c3cc12. The van der Waals surface area contributed by atoms with E-state index in [-0.39, 0.29) is 12.2 Å². The first-order valence-corrected chi connectivity index (χ1v) is 8.53. The van der Waals surface area contributed by atoms with Crippen molar-refractivity contribution in [3.63, 3.8) is 0 Å². The summed E-state index contributed by atoms with van der Waals surface area (Å²) in [7, 11) is 0. The average Bonchev–Trinajstić information content (AvgIpc) is 2.70. The lowest BCUT2D eigenvalue weighted by atomic mass is 9.97. The van der Waals surface area contributed by atoms with Crippen LogP contribution in [0.1, 0.15) is 26.3 Å². The van der Waals surface area contributed by atoms with Crippen LogP contribution in [0.2, 0.25) is 0 Å². The van der Waals surface area contributed by atoms with Crippen molar-refractivity contribution in [2.45, 2.75) is 6.61 Å². The summed E-state index contributed by atoms with van der Waals surface area (Å²) >= 11 is 0. The molecule has 0 bridgehead atoms. The summed E-state index contributed by atoms with van der Waals surface area (Å²) in [6, 6.07) is 23.7. The van der Waals surface area contributed by atoms with Crippen molar-refractivity contribution in [2.75, 3.05) is 0 Å². The van der Waals surface area contributed by atoms with Gasteiger partial charge in [-0.25, -0.2) is 9.59 Å². The van der Waals surface area contributed by atoms with Gasteiger partial charge in [-0.15, -0.1) is 0 Å². The fourth-order valence-electron chi connectivity index (χ4n) is 3.22. The number of benzene rings is 4. The first kappa shape index (κ1) is 16.8. The Labute approximate surface area is 155 Å². The summed E-state index contributed by atoms with van der Waals surface area (Å²) in [4.78, 5) is 24.2. The van der Waals surface area contributed by atoms with Crippen LogP contribution in [-0.4, -0.2) is 17.0 Å². The highest BCUT2D eigenvalue weighted by molar-refractivity contribution is 6.12. The molecule has 0 spiro atoms. The van der Waals surface area contributed by atoms with E-state index in [2.05, 4.69) is 0 Å². The summed E-state index contributed by atoms with van der Waals surface area (Å²) in [6.07, 6.45) is 0. The van der Waals surface area contributed by atoms with Crippen LogP contribution >= 0.6 is 0 Å². The third-order valence-electron chi connectivity index (χ3n) is 4.54. The van der Waals surface area contributed by atoms with Crippen molar-refractivity contribution >= 4 is 33.5 Å². The van der Waals surface area contributed by atoms with Crippen molar-refractivity contribution in [3.05, 3.63) is 95.6 Å². The molecule has 0 amide bonds. The summed E-state index contributed by atoms with van der Waals surface area (Å²) < 4.78 is 5.46. The Morgan fingerprint density at radius 1 is 0.741 bits per heavy atom. The van der Waals surface area contributed by atoms with Gasteiger partial charge >= 0.3 is 11.9 Å². The van der Waals surface area contributed by atoms with Crippen LogP contribution < -0.4 is 0 Å². The second-order valence-electron chi connectivity index (χ2n) is 6.27. The molecule has 132 valence electrons. The summed E-state index contributed by atoms with van der Waals surface area (Å²) in [6.45, 7) is 0.185. The molecule has 0 saturated carbocycles. The molecule has 4 aromatic rings. The summed E-state index contributed by atoms with van der Waals surface area (Å²) in [5.41, 5.74) is 1.54. The Morgan fingerprint density at radius 2 is 1.37 bits per heavy atom. The topological polar surface area (TPSA) is 63.6 Å². The highest BCUT2D eigenvalue weighted by atomic mass is 16.5. The Balaban J connectivity index is 1.77. The molecule has 4 nitrogen and oxygen atoms in total.